The number of nitrogens with zero attached hydrogens (tertiary/aromatic N) is 1. The summed E-state index contributed by atoms with van der Waals surface area (Å²) in [5.74, 6) is -0.179. The number of carbonyl (C=O) groups is 2. The van der Waals surface area contributed by atoms with Crippen molar-refractivity contribution in [2.45, 2.75) is 19.9 Å². The molecule has 0 bridgehead atoms. The Morgan fingerprint density at radius 1 is 1.14 bits per heavy atom. The van der Waals surface area contributed by atoms with Gasteiger partial charge >= 0.3 is 0 Å². The number of anilines is 1. The Hall–Kier alpha value is -2.08. The largest absolute Gasteiger partial charge is 0.329 e. The molecule has 3 rings (SSSR count). The van der Waals surface area contributed by atoms with Gasteiger partial charge in [0.15, 0.2) is 0 Å². The highest BCUT2D eigenvalue weighted by Crippen LogP contribution is 2.29. The number of rotatable bonds is 4. The number of halogens is 2. The van der Waals surface area contributed by atoms with E-state index < -0.39 is 0 Å². The monoisotopic (exact) mass is 421 g/mol. The SMILES string of the molecule is CC(C)C(=O)Nc1ccc(C(=O)N2CCNCC2c2ccccc2Cl)cc1.Cl. The Balaban J connectivity index is 0.00000280. The van der Waals surface area contributed by atoms with Gasteiger partial charge in [0, 0.05) is 41.8 Å². The zero-order valence-electron chi connectivity index (χ0n) is 15.9. The van der Waals surface area contributed by atoms with E-state index in [-0.39, 0.29) is 36.2 Å². The van der Waals surface area contributed by atoms with Crippen LogP contribution in [0.1, 0.15) is 35.8 Å². The van der Waals surface area contributed by atoms with Gasteiger partial charge in [0.25, 0.3) is 5.91 Å². The molecule has 28 heavy (non-hydrogen) atoms. The van der Waals surface area contributed by atoms with Crippen LogP contribution in [0.25, 0.3) is 0 Å². The van der Waals surface area contributed by atoms with Crippen LogP contribution in [0.2, 0.25) is 5.02 Å². The maximum atomic E-state index is 13.1. The molecule has 0 spiro atoms. The van der Waals surface area contributed by atoms with Gasteiger partial charge in [0.1, 0.15) is 0 Å². The van der Waals surface area contributed by atoms with E-state index in [1.807, 2.05) is 43.0 Å². The molecule has 0 saturated carbocycles. The average Bonchev–Trinajstić information content (AvgIpc) is 2.68. The predicted molar refractivity (Wildman–Crippen MR) is 115 cm³/mol. The Bertz CT molecular complexity index is 825. The van der Waals surface area contributed by atoms with Crippen molar-refractivity contribution in [3.8, 4) is 0 Å². The van der Waals surface area contributed by atoms with E-state index >= 15 is 0 Å². The molecule has 1 atom stereocenters. The minimum absolute atomic E-state index is 0. The number of benzene rings is 2. The van der Waals surface area contributed by atoms with Gasteiger partial charge in [-0.1, -0.05) is 43.6 Å². The first-order valence-electron chi connectivity index (χ1n) is 9.14. The molecule has 1 aliphatic rings. The third-order valence-electron chi connectivity index (χ3n) is 4.69. The Morgan fingerprint density at radius 2 is 1.82 bits per heavy atom. The van der Waals surface area contributed by atoms with Crippen LogP contribution in [-0.4, -0.2) is 36.3 Å². The highest BCUT2D eigenvalue weighted by molar-refractivity contribution is 6.31. The summed E-state index contributed by atoms with van der Waals surface area (Å²) < 4.78 is 0. The van der Waals surface area contributed by atoms with Crippen LogP contribution in [-0.2, 0) is 4.79 Å². The second kappa shape index (κ2) is 9.92. The first kappa shape index (κ1) is 22.2. The third-order valence-corrected chi connectivity index (χ3v) is 5.04. The van der Waals surface area contributed by atoms with Crippen molar-refractivity contribution in [3.63, 3.8) is 0 Å². The molecule has 1 heterocycles. The Labute approximate surface area is 176 Å². The van der Waals surface area contributed by atoms with Gasteiger partial charge in [0.2, 0.25) is 5.91 Å². The van der Waals surface area contributed by atoms with Crippen molar-refractivity contribution in [3.05, 3.63) is 64.7 Å². The third kappa shape index (κ3) is 5.04. The number of carbonyl (C=O) groups excluding carboxylic acids is 2. The molecule has 150 valence electrons. The summed E-state index contributed by atoms with van der Waals surface area (Å²) >= 11 is 6.36. The van der Waals surface area contributed by atoms with Crippen molar-refractivity contribution >= 4 is 41.5 Å². The van der Waals surface area contributed by atoms with Crippen LogP contribution < -0.4 is 10.6 Å². The van der Waals surface area contributed by atoms with E-state index in [0.717, 1.165) is 12.1 Å². The van der Waals surface area contributed by atoms with E-state index in [2.05, 4.69) is 10.6 Å². The second-order valence-corrected chi connectivity index (χ2v) is 7.37. The van der Waals surface area contributed by atoms with Crippen LogP contribution in [0.5, 0.6) is 0 Å². The number of hydrogen-bond donors (Lipinski definition) is 2. The summed E-state index contributed by atoms with van der Waals surface area (Å²) in [5, 5.41) is 6.84. The lowest BCUT2D eigenvalue weighted by molar-refractivity contribution is -0.118. The first-order chi connectivity index (χ1) is 13.0. The van der Waals surface area contributed by atoms with E-state index in [4.69, 9.17) is 11.6 Å². The molecule has 2 N–H and O–H groups in total. The minimum Gasteiger partial charge on any atom is -0.329 e. The standard InChI is InChI=1S/C21H24ClN3O2.ClH/c1-14(2)20(26)24-16-9-7-15(8-10-16)21(27)25-12-11-23-13-19(25)17-5-3-4-6-18(17)22;/h3-10,14,19,23H,11-13H2,1-2H3,(H,24,26);1H. The second-order valence-electron chi connectivity index (χ2n) is 6.96. The molecule has 1 unspecified atom stereocenters. The quantitative estimate of drug-likeness (QED) is 0.779. The van der Waals surface area contributed by atoms with Crippen LogP contribution in [0.15, 0.2) is 48.5 Å². The van der Waals surface area contributed by atoms with Crippen LogP contribution in [0, 0.1) is 5.92 Å². The lowest BCUT2D eigenvalue weighted by Gasteiger charge is -2.37. The summed E-state index contributed by atoms with van der Waals surface area (Å²) in [6.07, 6.45) is 0. The van der Waals surface area contributed by atoms with E-state index in [1.165, 1.54) is 0 Å². The molecule has 0 radical (unpaired) electrons. The van der Waals surface area contributed by atoms with Crippen LogP contribution in [0.3, 0.4) is 0 Å². The summed E-state index contributed by atoms with van der Waals surface area (Å²) in [4.78, 5) is 26.8. The molecule has 1 saturated heterocycles. The van der Waals surface area contributed by atoms with Crippen molar-refractivity contribution in [2.75, 3.05) is 25.0 Å². The Morgan fingerprint density at radius 3 is 2.46 bits per heavy atom. The zero-order chi connectivity index (χ0) is 19.4. The van der Waals surface area contributed by atoms with Gasteiger partial charge in [-0.3, -0.25) is 9.59 Å². The van der Waals surface area contributed by atoms with Gasteiger partial charge in [0.05, 0.1) is 6.04 Å². The molecule has 0 aromatic heterocycles. The molecule has 2 aromatic rings. The van der Waals surface area contributed by atoms with Gasteiger partial charge in [-0.15, -0.1) is 12.4 Å². The summed E-state index contributed by atoms with van der Waals surface area (Å²) in [6, 6.07) is 14.6. The molecule has 1 aliphatic heterocycles. The number of nitrogens with one attached hydrogen (secondary N) is 2. The highest BCUT2D eigenvalue weighted by Gasteiger charge is 2.29. The fraction of sp³-hybridized carbons (Fsp3) is 0.333. The molecular formula is C21H25Cl2N3O2. The van der Waals surface area contributed by atoms with E-state index in [9.17, 15) is 9.59 Å². The number of hydrogen-bond acceptors (Lipinski definition) is 3. The predicted octanol–water partition coefficient (Wildman–Crippen LogP) is 4.14. The van der Waals surface area contributed by atoms with Crippen LogP contribution >= 0.6 is 24.0 Å². The lowest BCUT2D eigenvalue weighted by atomic mass is 10.0. The summed E-state index contributed by atoms with van der Waals surface area (Å²) in [7, 11) is 0. The van der Waals surface area contributed by atoms with Crippen molar-refractivity contribution in [2.24, 2.45) is 5.92 Å². The van der Waals surface area contributed by atoms with E-state index in [1.54, 1.807) is 24.3 Å². The maximum Gasteiger partial charge on any atom is 0.254 e. The zero-order valence-corrected chi connectivity index (χ0v) is 17.5. The van der Waals surface area contributed by atoms with Gasteiger partial charge in [-0.05, 0) is 35.9 Å². The van der Waals surface area contributed by atoms with Gasteiger partial charge in [-0.25, -0.2) is 0 Å². The minimum atomic E-state index is -0.111. The molecular weight excluding hydrogens is 397 g/mol. The summed E-state index contributed by atoms with van der Waals surface area (Å²) in [6.45, 7) is 5.70. The number of amides is 2. The normalized spacial score (nSPS) is 16.4. The Kier molecular flexibility index (Phi) is 7.87. The molecule has 2 amide bonds. The molecule has 1 fully saturated rings. The van der Waals surface area contributed by atoms with Gasteiger partial charge in [-0.2, -0.15) is 0 Å². The van der Waals surface area contributed by atoms with Gasteiger partial charge < -0.3 is 15.5 Å². The smallest absolute Gasteiger partial charge is 0.254 e. The molecule has 7 heteroatoms. The molecule has 0 aliphatic carbocycles. The maximum absolute atomic E-state index is 13.1. The molecule has 2 aromatic carbocycles. The van der Waals surface area contributed by atoms with Crippen LogP contribution in [0.4, 0.5) is 5.69 Å². The van der Waals surface area contributed by atoms with Crippen molar-refractivity contribution < 1.29 is 9.59 Å². The first-order valence-corrected chi connectivity index (χ1v) is 9.52. The molecule has 5 nitrogen and oxygen atoms in total. The fourth-order valence-electron chi connectivity index (χ4n) is 3.12. The highest BCUT2D eigenvalue weighted by atomic mass is 35.5. The lowest BCUT2D eigenvalue weighted by Crippen LogP contribution is -2.48. The van der Waals surface area contributed by atoms with E-state index in [0.29, 0.717) is 29.4 Å². The fourth-order valence-corrected chi connectivity index (χ4v) is 3.38. The average molecular weight is 422 g/mol. The summed E-state index contributed by atoms with van der Waals surface area (Å²) in [5.41, 5.74) is 2.23. The van der Waals surface area contributed by atoms with Crippen molar-refractivity contribution in [1.29, 1.82) is 0 Å². The van der Waals surface area contributed by atoms with Crippen molar-refractivity contribution in [1.82, 2.24) is 10.2 Å². The topological polar surface area (TPSA) is 61.4 Å². The number of piperazine rings is 1.